The van der Waals surface area contributed by atoms with Crippen LogP contribution in [0.5, 0.6) is 0 Å². The molecule has 7 aromatic rings. The van der Waals surface area contributed by atoms with Gasteiger partial charge in [0.15, 0.2) is 0 Å². The average molecular weight is 462 g/mol. The molecule has 170 valence electrons. The Bertz CT molecular complexity index is 2030. The van der Waals surface area contributed by atoms with Gasteiger partial charge in [0.05, 0.1) is 16.6 Å². The fourth-order valence-corrected chi connectivity index (χ4v) is 6.42. The molecule has 0 radical (unpaired) electrons. The Labute approximate surface area is 208 Å². The second-order valence-corrected chi connectivity index (χ2v) is 10.3. The van der Waals surface area contributed by atoms with Gasteiger partial charge in [-0.3, -0.25) is 4.57 Å². The summed E-state index contributed by atoms with van der Waals surface area (Å²) in [4.78, 5) is 9.91. The second-order valence-electron chi connectivity index (χ2n) is 10.3. The van der Waals surface area contributed by atoms with Crippen LogP contribution in [0.15, 0.2) is 103 Å². The summed E-state index contributed by atoms with van der Waals surface area (Å²) in [5.74, 6) is 0.709. The normalized spacial score (nSPS) is 14.1. The zero-order chi connectivity index (χ0) is 24.0. The molecule has 0 bridgehead atoms. The maximum Gasteiger partial charge on any atom is 0.235 e. The lowest BCUT2D eigenvalue weighted by Crippen LogP contribution is -2.15. The van der Waals surface area contributed by atoms with Gasteiger partial charge in [-0.15, -0.1) is 0 Å². The fraction of sp³-hybridized carbons (Fsp3) is 0.0909. The van der Waals surface area contributed by atoms with Crippen LogP contribution in [0, 0.1) is 0 Å². The lowest BCUT2D eigenvalue weighted by Gasteiger charge is -2.23. The Morgan fingerprint density at radius 3 is 2.31 bits per heavy atom. The third-order valence-electron chi connectivity index (χ3n) is 8.01. The van der Waals surface area contributed by atoms with E-state index in [4.69, 9.17) is 9.97 Å². The van der Waals surface area contributed by atoms with Crippen molar-refractivity contribution in [2.75, 3.05) is 0 Å². The van der Waals surface area contributed by atoms with Crippen LogP contribution < -0.4 is 0 Å². The molecule has 1 aliphatic carbocycles. The topological polar surface area (TPSA) is 30.7 Å². The van der Waals surface area contributed by atoms with Crippen molar-refractivity contribution in [3.8, 4) is 17.1 Å². The van der Waals surface area contributed by atoms with Crippen molar-refractivity contribution >= 4 is 43.5 Å². The summed E-state index contributed by atoms with van der Waals surface area (Å²) in [6, 6.07) is 34.8. The number of hydrogen-bond acceptors (Lipinski definition) is 2. The molecule has 1 aliphatic rings. The number of nitrogens with zero attached hydrogens (tertiary/aromatic N) is 3. The minimum atomic E-state index is -0.120. The van der Waals surface area contributed by atoms with Gasteiger partial charge in [0.25, 0.3) is 0 Å². The number of rotatable bonds is 1. The van der Waals surface area contributed by atoms with Gasteiger partial charge in [-0.25, -0.2) is 9.97 Å². The van der Waals surface area contributed by atoms with Crippen LogP contribution >= 0.6 is 0 Å². The van der Waals surface area contributed by atoms with Gasteiger partial charge in [0.1, 0.15) is 0 Å². The quantitative estimate of drug-likeness (QED) is 0.247. The Kier molecular flexibility index (Phi) is 3.73. The van der Waals surface area contributed by atoms with Crippen molar-refractivity contribution in [2.24, 2.45) is 0 Å². The van der Waals surface area contributed by atoms with Gasteiger partial charge in [-0.05, 0) is 39.6 Å². The van der Waals surface area contributed by atoms with Crippen LogP contribution in [-0.4, -0.2) is 14.5 Å². The van der Waals surface area contributed by atoms with Gasteiger partial charge in [0.2, 0.25) is 5.95 Å². The van der Waals surface area contributed by atoms with E-state index in [9.17, 15) is 0 Å². The maximum absolute atomic E-state index is 5.04. The largest absolute Gasteiger partial charge is 0.277 e. The zero-order valence-electron chi connectivity index (χ0n) is 20.2. The van der Waals surface area contributed by atoms with Crippen LogP contribution in [0.25, 0.3) is 60.6 Å². The van der Waals surface area contributed by atoms with Crippen molar-refractivity contribution in [3.05, 3.63) is 114 Å². The molecule has 0 aliphatic heterocycles. The summed E-state index contributed by atoms with van der Waals surface area (Å²) in [7, 11) is 0. The monoisotopic (exact) mass is 461 g/mol. The van der Waals surface area contributed by atoms with Crippen LogP contribution in [0.3, 0.4) is 0 Å². The van der Waals surface area contributed by atoms with E-state index in [0.29, 0.717) is 5.95 Å². The average Bonchev–Trinajstić information content (AvgIpc) is 3.38. The summed E-state index contributed by atoms with van der Waals surface area (Å²) in [6.45, 7) is 4.71. The summed E-state index contributed by atoms with van der Waals surface area (Å²) in [5, 5.41) is 6.11. The number of aromatic nitrogens is 3. The van der Waals surface area contributed by atoms with E-state index in [-0.39, 0.29) is 5.41 Å². The van der Waals surface area contributed by atoms with Crippen LogP contribution in [0.1, 0.15) is 25.0 Å². The van der Waals surface area contributed by atoms with Crippen molar-refractivity contribution in [1.29, 1.82) is 0 Å². The lowest BCUT2D eigenvalue weighted by molar-refractivity contribution is 0.666. The van der Waals surface area contributed by atoms with E-state index in [0.717, 1.165) is 16.4 Å². The summed E-state index contributed by atoms with van der Waals surface area (Å²) >= 11 is 0. The van der Waals surface area contributed by atoms with Gasteiger partial charge in [-0.2, -0.15) is 0 Å². The SMILES string of the molecule is CC1(C)c2ccc3c4ccccc4n(-c4ncc5ccccc5n4)c3c2-c2ccc3ccccc3c21. The summed E-state index contributed by atoms with van der Waals surface area (Å²) in [5.41, 5.74) is 8.51. The standard InChI is InChI=1S/C33H23N3/c1-33(2)26-18-17-24-23-12-6-8-14-28(23)36(32-34-19-21-10-4-7-13-27(21)35-32)31(24)29(26)25-16-15-20-9-3-5-11-22(20)30(25)33/h3-19H,1-2H3. The molecule has 0 spiro atoms. The Morgan fingerprint density at radius 2 is 1.42 bits per heavy atom. The maximum atomic E-state index is 5.04. The van der Waals surface area contributed by atoms with E-state index in [2.05, 4.69) is 103 Å². The molecule has 2 aromatic heterocycles. The van der Waals surface area contributed by atoms with E-state index in [1.54, 1.807) is 0 Å². The molecule has 3 nitrogen and oxygen atoms in total. The number of fused-ring (bicyclic) bond motifs is 10. The number of hydrogen-bond donors (Lipinski definition) is 0. The highest BCUT2D eigenvalue weighted by atomic mass is 15.2. The highest BCUT2D eigenvalue weighted by Crippen LogP contribution is 2.54. The molecule has 3 heteroatoms. The third kappa shape index (κ3) is 2.42. The smallest absolute Gasteiger partial charge is 0.235 e. The third-order valence-corrected chi connectivity index (χ3v) is 8.01. The van der Waals surface area contributed by atoms with Crippen molar-refractivity contribution in [2.45, 2.75) is 19.3 Å². The van der Waals surface area contributed by atoms with Crippen LogP contribution in [-0.2, 0) is 5.41 Å². The molecule has 8 rings (SSSR count). The molecule has 0 N–H and O–H groups in total. The molecule has 0 fully saturated rings. The predicted octanol–water partition coefficient (Wildman–Crippen LogP) is 8.19. The molecule has 0 saturated carbocycles. The molecular formula is C33H23N3. The molecule has 0 unspecified atom stereocenters. The molecule has 0 atom stereocenters. The predicted molar refractivity (Wildman–Crippen MR) is 149 cm³/mol. The number of benzene rings is 5. The first kappa shape index (κ1) is 19.8. The fourth-order valence-electron chi connectivity index (χ4n) is 6.42. The van der Waals surface area contributed by atoms with Crippen LogP contribution in [0.2, 0.25) is 0 Å². The van der Waals surface area contributed by atoms with Gasteiger partial charge in [-0.1, -0.05) is 98.8 Å². The molecule has 36 heavy (non-hydrogen) atoms. The van der Waals surface area contributed by atoms with Gasteiger partial charge in [0, 0.05) is 33.3 Å². The Morgan fingerprint density at radius 1 is 0.667 bits per heavy atom. The van der Waals surface area contributed by atoms with Crippen molar-refractivity contribution in [1.82, 2.24) is 14.5 Å². The highest BCUT2D eigenvalue weighted by Gasteiger charge is 2.39. The number of para-hydroxylation sites is 2. The summed E-state index contributed by atoms with van der Waals surface area (Å²) < 4.78 is 2.27. The lowest BCUT2D eigenvalue weighted by atomic mass is 9.80. The van der Waals surface area contributed by atoms with Crippen molar-refractivity contribution < 1.29 is 0 Å². The van der Waals surface area contributed by atoms with E-state index in [1.165, 1.54) is 49.3 Å². The zero-order valence-corrected chi connectivity index (χ0v) is 20.2. The Balaban J connectivity index is 1.57. The Hall–Kier alpha value is -4.50. The second kappa shape index (κ2) is 6.79. The van der Waals surface area contributed by atoms with E-state index < -0.39 is 0 Å². The molecule has 0 amide bonds. The van der Waals surface area contributed by atoms with Gasteiger partial charge >= 0.3 is 0 Å². The summed E-state index contributed by atoms with van der Waals surface area (Å²) in [6.07, 6.45) is 1.94. The molecule has 2 heterocycles. The van der Waals surface area contributed by atoms with Crippen LogP contribution in [0.4, 0.5) is 0 Å². The van der Waals surface area contributed by atoms with Gasteiger partial charge < -0.3 is 0 Å². The highest BCUT2D eigenvalue weighted by molar-refractivity contribution is 6.16. The minimum absolute atomic E-state index is 0.120. The first-order valence-electron chi connectivity index (χ1n) is 12.4. The first-order chi connectivity index (χ1) is 17.6. The van der Waals surface area contributed by atoms with Crippen molar-refractivity contribution in [3.63, 3.8) is 0 Å². The molecule has 5 aromatic carbocycles. The van der Waals surface area contributed by atoms with E-state index in [1.807, 2.05) is 18.3 Å². The molecular weight excluding hydrogens is 438 g/mol. The minimum Gasteiger partial charge on any atom is -0.277 e. The van der Waals surface area contributed by atoms with E-state index >= 15 is 0 Å². The molecule has 0 saturated heterocycles. The first-order valence-corrected chi connectivity index (χ1v) is 12.4.